The molecule has 2 aromatic rings. The molecule has 0 bridgehead atoms. The van der Waals surface area contributed by atoms with E-state index in [9.17, 15) is 19.2 Å². The minimum absolute atomic E-state index is 0.0202. The van der Waals surface area contributed by atoms with Crippen LogP contribution in [0, 0.1) is 0 Å². The molecular formula is C24H24N2O6. The molecule has 0 fully saturated rings. The van der Waals surface area contributed by atoms with Gasteiger partial charge >= 0.3 is 0 Å². The van der Waals surface area contributed by atoms with Crippen molar-refractivity contribution in [2.45, 2.75) is 45.4 Å². The van der Waals surface area contributed by atoms with Gasteiger partial charge in [-0.15, -0.1) is 0 Å². The monoisotopic (exact) mass is 436 g/mol. The molecule has 32 heavy (non-hydrogen) atoms. The maximum atomic E-state index is 12.9. The van der Waals surface area contributed by atoms with Crippen molar-refractivity contribution in [1.29, 1.82) is 0 Å². The fourth-order valence-corrected chi connectivity index (χ4v) is 3.80. The largest absolute Gasteiger partial charge is 0.479 e. The number of fused-ring (bicyclic) bond motifs is 2. The predicted molar refractivity (Wildman–Crippen MR) is 116 cm³/mol. The molecule has 3 amide bonds. The average molecular weight is 436 g/mol. The Kier molecular flexibility index (Phi) is 5.34. The van der Waals surface area contributed by atoms with E-state index < -0.39 is 17.7 Å². The van der Waals surface area contributed by atoms with E-state index in [-0.39, 0.29) is 30.1 Å². The lowest BCUT2D eigenvalue weighted by atomic mass is 10.0. The Morgan fingerprint density at radius 3 is 2.38 bits per heavy atom. The van der Waals surface area contributed by atoms with Crippen LogP contribution in [0.5, 0.6) is 5.75 Å². The fourth-order valence-electron chi connectivity index (χ4n) is 3.80. The summed E-state index contributed by atoms with van der Waals surface area (Å²) in [5, 5.41) is 2.72. The molecule has 2 unspecified atom stereocenters. The zero-order chi connectivity index (χ0) is 23.2. The van der Waals surface area contributed by atoms with Gasteiger partial charge in [-0.1, -0.05) is 12.1 Å². The zero-order valence-electron chi connectivity index (χ0n) is 18.3. The van der Waals surface area contributed by atoms with Crippen LogP contribution in [-0.2, 0) is 9.53 Å². The van der Waals surface area contributed by atoms with Gasteiger partial charge in [-0.05, 0) is 58.0 Å². The molecule has 2 heterocycles. The Morgan fingerprint density at radius 2 is 1.75 bits per heavy atom. The minimum Gasteiger partial charge on any atom is -0.479 e. The van der Waals surface area contributed by atoms with E-state index in [1.807, 2.05) is 0 Å². The summed E-state index contributed by atoms with van der Waals surface area (Å²) in [6.45, 7) is 6.67. The summed E-state index contributed by atoms with van der Waals surface area (Å²) in [5.41, 5.74) is 0.547. The van der Waals surface area contributed by atoms with Crippen LogP contribution in [0.3, 0.4) is 0 Å². The van der Waals surface area contributed by atoms with Crippen molar-refractivity contribution in [3.8, 4) is 5.75 Å². The third kappa shape index (κ3) is 3.67. The molecule has 1 N–H and O–H groups in total. The second kappa shape index (κ2) is 7.87. The second-order valence-electron chi connectivity index (χ2n) is 8.58. The predicted octanol–water partition coefficient (Wildman–Crippen LogP) is 3.07. The number of rotatable bonds is 6. The van der Waals surface area contributed by atoms with Crippen molar-refractivity contribution >= 4 is 29.2 Å². The van der Waals surface area contributed by atoms with Crippen LogP contribution in [0.2, 0.25) is 0 Å². The Labute approximate surface area is 185 Å². The van der Waals surface area contributed by atoms with Gasteiger partial charge in [0.15, 0.2) is 11.9 Å². The number of amides is 3. The first kappa shape index (κ1) is 21.7. The van der Waals surface area contributed by atoms with Crippen LogP contribution in [0.25, 0.3) is 0 Å². The van der Waals surface area contributed by atoms with Gasteiger partial charge in [0, 0.05) is 5.56 Å². The Bertz CT molecular complexity index is 1100. The minimum atomic E-state index is -0.963. The van der Waals surface area contributed by atoms with Crippen LogP contribution >= 0.6 is 0 Å². The number of carbonyl (C=O) groups excluding carboxylic acids is 4. The normalized spacial score (nSPS) is 18.6. The van der Waals surface area contributed by atoms with Gasteiger partial charge in [-0.2, -0.15) is 0 Å². The molecule has 0 spiro atoms. The molecular weight excluding hydrogens is 412 g/mol. The summed E-state index contributed by atoms with van der Waals surface area (Å²) in [5.74, 6) is -0.836. The van der Waals surface area contributed by atoms with Crippen molar-refractivity contribution in [2.75, 3.05) is 11.9 Å². The molecule has 2 aromatic carbocycles. The summed E-state index contributed by atoms with van der Waals surface area (Å²) >= 11 is 0. The molecule has 0 saturated carbocycles. The molecule has 0 saturated heterocycles. The van der Waals surface area contributed by atoms with Gasteiger partial charge in [0.2, 0.25) is 0 Å². The number of Topliss-reactive ketones (excluding diaryl/α,β-unsaturated/α-hetero) is 1. The maximum Gasteiger partial charge on any atom is 0.265 e. The Hall–Kier alpha value is -3.52. The lowest BCUT2D eigenvalue weighted by molar-refractivity contribution is -0.122. The standard InChI is InChI=1S/C24H24N2O6/c1-13(20(27)15-9-10-19-18(11-15)25-21(28)14(2)32-19)31-12-24(3,4)26-22(29)16-7-5-6-8-17(16)23(26)30/h5-11,13-14H,12H2,1-4H3,(H,25,28). The quantitative estimate of drug-likeness (QED) is 0.552. The molecule has 2 aliphatic heterocycles. The highest BCUT2D eigenvalue weighted by Crippen LogP contribution is 2.32. The van der Waals surface area contributed by atoms with E-state index in [0.717, 1.165) is 0 Å². The van der Waals surface area contributed by atoms with Gasteiger partial charge < -0.3 is 14.8 Å². The number of hydrogen-bond acceptors (Lipinski definition) is 6. The number of nitrogens with zero attached hydrogens (tertiary/aromatic N) is 1. The first-order valence-electron chi connectivity index (χ1n) is 10.4. The van der Waals surface area contributed by atoms with Gasteiger partial charge in [0.25, 0.3) is 17.7 Å². The summed E-state index contributed by atoms with van der Waals surface area (Å²) in [6, 6.07) is 11.5. The maximum absolute atomic E-state index is 12.9. The van der Waals surface area contributed by atoms with E-state index >= 15 is 0 Å². The number of nitrogens with one attached hydrogen (secondary N) is 1. The van der Waals surface area contributed by atoms with Gasteiger partial charge in [0.1, 0.15) is 11.9 Å². The zero-order valence-corrected chi connectivity index (χ0v) is 18.3. The summed E-state index contributed by atoms with van der Waals surface area (Å²) < 4.78 is 11.3. The highest BCUT2D eigenvalue weighted by Gasteiger charge is 2.44. The topological polar surface area (TPSA) is 102 Å². The molecule has 0 aliphatic carbocycles. The highest BCUT2D eigenvalue weighted by atomic mass is 16.5. The van der Waals surface area contributed by atoms with E-state index in [1.54, 1.807) is 70.2 Å². The molecule has 2 aliphatic rings. The Morgan fingerprint density at radius 1 is 1.12 bits per heavy atom. The molecule has 4 rings (SSSR count). The van der Waals surface area contributed by atoms with Crippen molar-refractivity contribution in [1.82, 2.24) is 4.90 Å². The third-order valence-electron chi connectivity index (χ3n) is 5.65. The number of benzene rings is 2. The van der Waals surface area contributed by atoms with Crippen molar-refractivity contribution in [2.24, 2.45) is 0 Å². The first-order chi connectivity index (χ1) is 15.1. The lowest BCUT2D eigenvalue weighted by Crippen LogP contribution is -2.51. The van der Waals surface area contributed by atoms with E-state index in [2.05, 4.69) is 5.32 Å². The van der Waals surface area contributed by atoms with E-state index in [4.69, 9.17) is 9.47 Å². The number of ketones is 1. The summed E-state index contributed by atoms with van der Waals surface area (Å²) in [6.07, 6.45) is -1.43. The average Bonchev–Trinajstić information content (AvgIpc) is 3.03. The molecule has 0 radical (unpaired) electrons. The number of imide groups is 1. The van der Waals surface area contributed by atoms with Crippen LogP contribution in [0.1, 0.15) is 58.8 Å². The van der Waals surface area contributed by atoms with Crippen LogP contribution < -0.4 is 10.1 Å². The smallest absolute Gasteiger partial charge is 0.265 e. The van der Waals surface area contributed by atoms with Crippen LogP contribution in [0.15, 0.2) is 42.5 Å². The highest BCUT2D eigenvalue weighted by molar-refractivity contribution is 6.21. The molecule has 0 aromatic heterocycles. The SMILES string of the molecule is CC1Oc2ccc(C(=O)C(C)OCC(C)(C)N3C(=O)c4ccccc4C3=O)cc2NC1=O. The number of carbonyl (C=O) groups is 4. The van der Waals surface area contributed by atoms with Gasteiger partial charge in [-0.3, -0.25) is 24.1 Å². The second-order valence-corrected chi connectivity index (χ2v) is 8.58. The molecule has 8 nitrogen and oxygen atoms in total. The number of hydrogen-bond donors (Lipinski definition) is 1. The van der Waals surface area contributed by atoms with E-state index in [0.29, 0.717) is 28.1 Å². The first-order valence-corrected chi connectivity index (χ1v) is 10.4. The summed E-state index contributed by atoms with van der Waals surface area (Å²) in [7, 11) is 0. The fraction of sp³-hybridized carbons (Fsp3) is 0.333. The van der Waals surface area contributed by atoms with Gasteiger partial charge in [-0.25, -0.2) is 0 Å². The lowest BCUT2D eigenvalue weighted by Gasteiger charge is -2.34. The summed E-state index contributed by atoms with van der Waals surface area (Å²) in [4.78, 5) is 51.5. The molecule has 166 valence electrons. The van der Waals surface area contributed by atoms with Gasteiger partial charge in [0.05, 0.1) is 29.0 Å². The number of anilines is 1. The van der Waals surface area contributed by atoms with Crippen LogP contribution in [-0.4, -0.2) is 52.8 Å². The van der Waals surface area contributed by atoms with Crippen molar-refractivity contribution in [3.05, 3.63) is 59.2 Å². The Balaban J connectivity index is 1.45. The molecule has 8 heteroatoms. The van der Waals surface area contributed by atoms with Crippen molar-refractivity contribution in [3.63, 3.8) is 0 Å². The van der Waals surface area contributed by atoms with Crippen molar-refractivity contribution < 1.29 is 28.7 Å². The third-order valence-corrected chi connectivity index (χ3v) is 5.65. The number of ether oxygens (including phenoxy) is 2. The van der Waals surface area contributed by atoms with Crippen LogP contribution in [0.4, 0.5) is 5.69 Å². The van der Waals surface area contributed by atoms with E-state index in [1.165, 1.54) is 4.90 Å². The molecule has 2 atom stereocenters.